The van der Waals surface area contributed by atoms with Crippen molar-refractivity contribution in [2.75, 3.05) is 17.7 Å². The van der Waals surface area contributed by atoms with Gasteiger partial charge in [-0.1, -0.05) is 12.1 Å². The molecule has 0 aliphatic rings. The molecule has 0 radical (unpaired) electrons. The molecule has 0 atom stereocenters. The fraction of sp³-hybridized carbons (Fsp3) is 0.214. The van der Waals surface area contributed by atoms with E-state index in [1.165, 1.54) is 12.1 Å². The molecule has 0 fully saturated rings. The third-order valence-electron chi connectivity index (χ3n) is 2.69. The van der Waals surface area contributed by atoms with Crippen LogP contribution in [0.2, 0.25) is 0 Å². The smallest absolute Gasteiger partial charge is 0.406 e. The van der Waals surface area contributed by atoms with Gasteiger partial charge in [0.05, 0.1) is 5.69 Å². The summed E-state index contributed by atoms with van der Waals surface area (Å²) < 4.78 is 39.9. The summed E-state index contributed by atoms with van der Waals surface area (Å²) in [6.45, 7) is 0.442. The van der Waals surface area contributed by atoms with E-state index in [0.717, 1.165) is 11.3 Å². The molecule has 0 saturated heterocycles. The Morgan fingerprint density at radius 3 is 2.48 bits per heavy atom. The highest BCUT2D eigenvalue weighted by Crippen LogP contribution is 2.23. The van der Waals surface area contributed by atoms with Gasteiger partial charge in [0.2, 0.25) is 0 Å². The van der Waals surface area contributed by atoms with Crippen molar-refractivity contribution in [3.63, 3.8) is 0 Å². The van der Waals surface area contributed by atoms with E-state index >= 15 is 0 Å². The number of hydrogen-bond donors (Lipinski definition) is 2. The van der Waals surface area contributed by atoms with E-state index < -0.39 is 6.36 Å². The quantitative estimate of drug-likeness (QED) is 0.884. The van der Waals surface area contributed by atoms with E-state index in [9.17, 15) is 13.2 Å². The largest absolute Gasteiger partial charge is 0.573 e. The van der Waals surface area contributed by atoms with Crippen LogP contribution in [0.15, 0.2) is 42.6 Å². The number of nitrogens with zero attached hydrogens (tertiary/aromatic N) is 1. The zero-order valence-corrected chi connectivity index (χ0v) is 11.2. The normalized spacial score (nSPS) is 11.0. The second-order valence-electron chi connectivity index (χ2n) is 4.19. The van der Waals surface area contributed by atoms with Crippen LogP contribution in [0.1, 0.15) is 5.56 Å². The highest BCUT2D eigenvalue weighted by atomic mass is 19.4. The van der Waals surface area contributed by atoms with Crippen LogP contribution in [0.5, 0.6) is 5.75 Å². The van der Waals surface area contributed by atoms with E-state index in [2.05, 4.69) is 20.4 Å². The molecular formula is C14H14F3N3O. The lowest BCUT2D eigenvalue weighted by atomic mass is 10.2. The molecule has 1 aromatic heterocycles. The average Bonchev–Trinajstić information content (AvgIpc) is 2.45. The highest BCUT2D eigenvalue weighted by molar-refractivity contribution is 5.63. The van der Waals surface area contributed by atoms with Crippen LogP contribution in [-0.4, -0.2) is 18.4 Å². The lowest BCUT2D eigenvalue weighted by Gasteiger charge is -2.11. The molecule has 1 aromatic carbocycles. The van der Waals surface area contributed by atoms with Gasteiger partial charge < -0.3 is 15.4 Å². The highest BCUT2D eigenvalue weighted by Gasteiger charge is 2.30. The summed E-state index contributed by atoms with van der Waals surface area (Å²) in [4.78, 5) is 4.18. The predicted molar refractivity (Wildman–Crippen MR) is 74.2 cm³/mol. The van der Waals surface area contributed by atoms with E-state index in [1.807, 2.05) is 6.07 Å². The van der Waals surface area contributed by atoms with Gasteiger partial charge in [0, 0.05) is 19.8 Å². The number of hydrogen-bond acceptors (Lipinski definition) is 4. The fourth-order valence-corrected chi connectivity index (χ4v) is 1.74. The molecule has 2 rings (SSSR count). The zero-order valence-electron chi connectivity index (χ0n) is 11.2. The molecule has 0 aliphatic carbocycles. The van der Waals surface area contributed by atoms with Crippen molar-refractivity contribution in [1.29, 1.82) is 0 Å². The first-order chi connectivity index (χ1) is 9.98. The summed E-state index contributed by atoms with van der Waals surface area (Å²) >= 11 is 0. The minimum absolute atomic E-state index is 0.236. The Labute approximate surface area is 120 Å². The molecule has 0 bridgehead atoms. The number of nitrogens with one attached hydrogen (secondary N) is 2. The Kier molecular flexibility index (Phi) is 4.52. The number of anilines is 2. The molecule has 4 nitrogen and oxygen atoms in total. The number of pyridine rings is 1. The van der Waals surface area contributed by atoms with Crippen LogP contribution in [0, 0.1) is 0 Å². The molecule has 7 heteroatoms. The van der Waals surface area contributed by atoms with Gasteiger partial charge in [0.1, 0.15) is 11.6 Å². The second kappa shape index (κ2) is 6.34. The Bertz CT molecular complexity index is 585. The van der Waals surface area contributed by atoms with Gasteiger partial charge in [-0.3, -0.25) is 0 Å². The van der Waals surface area contributed by atoms with Gasteiger partial charge in [-0.15, -0.1) is 13.2 Å². The van der Waals surface area contributed by atoms with E-state index in [-0.39, 0.29) is 5.75 Å². The van der Waals surface area contributed by atoms with Crippen LogP contribution < -0.4 is 15.4 Å². The van der Waals surface area contributed by atoms with Crippen molar-refractivity contribution >= 4 is 11.5 Å². The van der Waals surface area contributed by atoms with Crippen molar-refractivity contribution in [1.82, 2.24) is 4.98 Å². The minimum atomic E-state index is -4.67. The van der Waals surface area contributed by atoms with E-state index in [1.54, 1.807) is 31.4 Å². The van der Waals surface area contributed by atoms with Crippen LogP contribution in [0.4, 0.5) is 24.7 Å². The Morgan fingerprint density at radius 2 is 1.86 bits per heavy atom. The van der Waals surface area contributed by atoms with Gasteiger partial charge >= 0.3 is 6.36 Å². The lowest BCUT2D eigenvalue weighted by Crippen LogP contribution is -2.17. The monoisotopic (exact) mass is 297 g/mol. The number of alkyl halides is 3. The molecule has 0 aliphatic heterocycles. The first kappa shape index (κ1) is 15.0. The first-order valence-electron chi connectivity index (χ1n) is 6.19. The number of benzene rings is 1. The van der Waals surface area contributed by atoms with Gasteiger partial charge in [0.25, 0.3) is 0 Å². The molecule has 0 amide bonds. The molecular weight excluding hydrogens is 283 g/mol. The maximum absolute atomic E-state index is 12.0. The van der Waals surface area contributed by atoms with Crippen molar-refractivity contribution in [2.24, 2.45) is 0 Å². The average molecular weight is 297 g/mol. The molecule has 21 heavy (non-hydrogen) atoms. The summed E-state index contributed by atoms with van der Waals surface area (Å²) in [5.74, 6) is 0.440. The summed E-state index contributed by atoms with van der Waals surface area (Å²) in [6, 6.07) is 9.37. The Balaban J connectivity index is 1.98. The lowest BCUT2D eigenvalue weighted by molar-refractivity contribution is -0.274. The van der Waals surface area contributed by atoms with Crippen molar-refractivity contribution in [2.45, 2.75) is 12.9 Å². The predicted octanol–water partition coefficient (Wildman–Crippen LogP) is 3.63. The van der Waals surface area contributed by atoms with Crippen LogP contribution in [-0.2, 0) is 6.54 Å². The molecule has 2 aromatic rings. The number of halogens is 3. The number of rotatable bonds is 5. The third kappa shape index (κ3) is 4.55. The Morgan fingerprint density at radius 1 is 1.14 bits per heavy atom. The molecule has 0 spiro atoms. The summed E-state index contributed by atoms with van der Waals surface area (Å²) in [5.41, 5.74) is 1.66. The van der Waals surface area contributed by atoms with Crippen LogP contribution >= 0.6 is 0 Å². The summed E-state index contributed by atoms with van der Waals surface area (Å²) in [6.07, 6.45) is -3.02. The zero-order chi connectivity index (χ0) is 15.3. The SMILES string of the molecule is CNc1cccnc1NCc1ccc(OC(F)(F)F)cc1. The van der Waals surface area contributed by atoms with Crippen LogP contribution in [0.25, 0.3) is 0 Å². The minimum Gasteiger partial charge on any atom is -0.406 e. The van der Waals surface area contributed by atoms with Gasteiger partial charge in [-0.05, 0) is 29.8 Å². The summed E-state index contributed by atoms with van der Waals surface area (Å²) in [7, 11) is 1.78. The van der Waals surface area contributed by atoms with Gasteiger partial charge in [0.15, 0.2) is 0 Å². The molecule has 2 N–H and O–H groups in total. The fourth-order valence-electron chi connectivity index (χ4n) is 1.74. The Hall–Kier alpha value is -2.44. The molecule has 1 heterocycles. The summed E-state index contributed by atoms with van der Waals surface area (Å²) in [5, 5.41) is 6.11. The third-order valence-corrected chi connectivity index (χ3v) is 2.69. The van der Waals surface area contributed by atoms with Gasteiger partial charge in [-0.2, -0.15) is 0 Å². The number of ether oxygens (including phenoxy) is 1. The van der Waals surface area contributed by atoms with Crippen LogP contribution in [0.3, 0.4) is 0 Å². The topological polar surface area (TPSA) is 46.2 Å². The molecule has 0 saturated carbocycles. The van der Waals surface area contributed by atoms with E-state index in [4.69, 9.17) is 0 Å². The van der Waals surface area contributed by atoms with Crippen molar-refractivity contribution < 1.29 is 17.9 Å². The standard InChI is InChI=1S/C14H14F3N3O/c1-18-12-3-2-8-19-13(12)20-9-10-4-6-11(7-5-10)21-14(15,16)17/h2-8,18H,9H2,1H3,(H,19,20). The molecule has 0 unspecified atom stereocenters. The number of aromatic nitrogens is 1. The molecule has 112 valence electrons. The van der Waals surface area contributed by atoms with Crippen molar-refractivity contribution in [3.05, 3.63) is 48.2 Å². The van der Waals surface area contributed by atoms with E-state index in [0.29, 0.717) is 12.4 Å². The maximum atomic E-state index is 12.0. The van der Waals surface area contributed by atoms with Gasteiger partial charge in [-0.25, -0.2) is 4.98 Å². The maximum Gasteiger partial charge on any atom is 0.573 e. The first-order valence-corrected chi connectivity index (χ1v) is 6.19. The second-order valence-corrected chi connectivity index (χ2v) is 4.19. The van der Waals surface area contributed by atoms with Crippen molar-refractivity contribution in [3.8, 4) is 5.75 Å².